The van der Waals surface area contributed by atoms with E-state index in [1.54, 1.807) is 74.8 Å². The summed E-state index contributed by atoms with van der Waals surface area (Å²) in [4.78, 5) is 248. The number of carbonyl (C=O) groups is 16. The highest BCUT2D eigenvalue weighted by atomic mass is 32.2. The molecule has 16 amide bonds. The number of aromatic amines is 2. The summed E-state index contributed by atoms with van der Waals surface area (Å²) in [5.41, 5.74) is 19.8. The van der Waals surface area contributed by atoms with Crippen LogP contribution < -0.4 is 75.7 Å². The number of H-pyrrole nitrogens is 2. The second-order valence-electron chi connectivity index (χ2n) is 34.1. The highest BCUT2D eigenvalue weighted by Gasteiger charge is 2.46. The summed E-state index contributed by atoms with van der Waals surface area (Å²) in [7, 11) is 4.00. The first kappa shape index (κ1) is 104. The lowest BCUT2D eigenvalue weighted by Gasteiger charge is -2.36. The van der Waals surface area contributed by atoms with Crippen molar-refractivity contribution in [1.82, 2.24) is 93.0 Å². The van der Waals surface area contributed by atoms with Gasteiger partial charge in [-0.3, -0.25) is 82.1 Å². The fourth-order valence-corrected chi connectivity index (χ4v) is 17.1. The number of nitrogens with two attached hydrogens (primary N) is 3. The number of benzene rings is 3. The van der Waals surface area contributed by atoms with E-state index in [9.17, 15) is 58.5 Å². The molecule has 0 spiro atoms. The van der Waals surface area contributed by atoms with Crippen molar-refractivity contribution in [3.63, 3.8) is 0 Å². The van der Waals surface area contributed by atoms with Crippen LogP contribution in [0, 0.1) is 11.3 Å². The van der Waals surface area contributed by atoms with Gasteiger partial charge in [-0.25, -0.2) is 0 Å². The number of primary amides is 1. The average Bonchev–Trinajstić information content (AvgIpc) is 1.76. The van der Waals surface area contributed by atoms with Crippen molar-refractivity contribution in [2.45, 2.75) is 241 Å². The zero-order valence-electron chi connectivity index (χ0n) is 75.7. The van der Waals surface area contributed by atoms with Gasteiger partial charge in [-0.15, -0.1) is 11.8 Å². The van der Waals surface area contributed by atoms with Gasteiger partial charge in [0.25, 0.3) is 0 Å². The molecule has 3 aliphatic heterocycles. The maximum Gasteiger partial charge on any atom is 0.245 e. The Morgan fingerprint density at radius 3 is 1.69 bits per heavy atom. The van der Waals surface area contributed by atoms with E-state index in [4.69, 9.17) is 22.6 Å². The number of phenolic OH excluding ortho intramolecular Hbond substituents is 1. The summed E-state index contributed by atoms with van der Waals surface area (Å²) >= 11 is 0.794. The number of unbranched alkanes of at least 4 members (excludes halogenated alkanes) is 2. The van der Waals surface area contributed by atoms with E-state index in [1.165, 1.54) is 64.2 Å². The van der Waals surface area contributed by atoms with Crippen molar-refractivity contribution >= 4 is 134 Å². The number of thioether (sulfide) groups is 1. The van der Waals surface area contributed by atoms with Crippen LogP contribution >= 0.6 is 11.8 Å². The molecule has 5 aromatic rings. The summed E-state index contributed by atoms with van der Waals surface area (Å²) in [6, 6.07) is -0.692. The van der Waals surface area contributed by atoms with Crippen molar-refractivity contribution in [3.8, 4) is 5.75 Å². The largest absolute Gasteiger partial charge is 0.508 e. The smallest absolute Gasteiger partial charge is 0.245 e. The van der Waals surface area contributed by atoms with Crippen LogP contribution in [-0.4, -0.2) is 313 Å². The molecule has 0 bridgehead atoms. The number of nitrogens with one attached hydrogen (secondary N) is 14. The highest BCUT2D eigenvalue weighted by Crippen LogP contribution is 2.28. The molecule has 0 aliphatic carbocycles. The second kappa shape index (κ2) is 50.1. The Balaban J connectivity index is 1.18. The Morgan fingerprint density at radius 2 is 1.08 bits per heavy atom. The minimum absolute atomic E-state index is 0.000274. The Bertz CT molecular complexity index is 4860. The van der Waals surface area contributed by atoms with Gasteiger partial charge < -0.3 is 125 Å². The predicted octanol–water partition coefficient (Wildman–Crippen LogP) is -2.01. The van der Waals surface area contributed by atoms with E-state index < -0.39 is 222 Å². The van der Waals surface area contributed by atoms with Crippen molar-refractivity contribution in [1.29, 1.82) is 5.41 Å². The van der Waals surface area contributed by atoms with E-state index in [0.29, 0.717) is 70.6 Å². The topological polar surface area (TPSA) is 616 Å². The third-order valence-electron chi connectivity index (χ3n) is 23.8. The van der Waals surface area contributed by atoms with Crippen LogP contribution in [0.4, 0.5) is 0 Å². The number of nitrogens with zero attached hydrogens (tertiary/aromatic N) is 5. The van der Waals surface area contributed by atoms with Gasteiger partial charge >= 0.3 is 0 Å². The van der Waals surface area contributed by atoms with Crippen LogP contribution in [0.1, 0.15) is 148 Å². The first-order valence-corrected chi connectivity index (χ1v) is 45.8. The molecular formula is C89H130N22O19S. The minimum atomic E-state index is -1.87. The van der Waals surface area contributed by atoms with E-state index in [-0.39, 0.29) is 108 Å². The number of para-hydroxylation sites is 2. The lowest BCUT2D eigenvalue weighted by Crippen LogP contribution is -2.61. The third-order valence-corrected chi connectivity index (χ3v) is 24.8. The molecule has 41 nitrogen and oxygen atoms in total. The summed E-state index contributed by atoms with van der Waals surface area (Å²) in [6.07, 6.45) is 2.90. The maximum atomic E-state index is 15.7. The molecule has 15 atom stereocenters. The molecule has 3 saturated heterocycles. The first-order chi connectivity index (χ1) is 62.4. The molecule has 42 heteroatoms. The van der Waals surface area contributed by atoms with Gasteiger partial charge in [0, 0.05) is 106 Å². The van der Waals surface area contributed by atoms with E-state index in [1.807, 2.05) is 13.8 Å². The molecule has 131 heavy (non-hydrogen) atoms. The number of aromatic nitrogens is 2. The van der Waals surface area contributed by atoms with Gasteiger partial charge in [-0.05, 0) is 125 Å². The van der Waals surface area contributed by atoms with E-state index >= 15 is 33.6 Å². The summed E-state index contributed by atoms with van der Waals surface area (Å²) in [5, 5.41) is 71.2. The molecule has 0 radical (unpaired) electrons. The molecule has 8 rings (SSSR count). The molecule has 3 fully saturated rings. The highest BCUT2D eigenvalue weighted by molar-refractivity contribution is 8.00. The van der Waals surface area contributed by atoms with Crippen molar-refractivity contribution in [2.75, 3.05) is 72.0 Å². The molecule has 23 N–H and O–H groups in total. The number of aliphatic hydroxyl groups is 2. The number of phenols is 1. The molecule has 2 aromatic heterocycles. The summed E-state index contributed by atoms with van der Waals surface area (Å²) in [6.45, 7) is 7.85. The lowest BCUT2D eigenvalue weighted by atomic mass is 10.00. The van der Waals surface area contributed by atoms with Gasteiger partial charge in [0.2, 0.25) is 94.5 Å². The number of likely N-dealkylation sites (N-methyl/N-ethyl adjacent to an activating group) is 3. The van der Waals surface area contributed by atoms with Crippen LogP contribution in [0.15, 0.2) is 85.2 Å². The first-order valence-electron chi connectivity index (χ1n) is 44.6. The number of rotatable bonds is 25. The number of hydrogen-bond donors (Lipinski definition) is 20. The Hall–Kier alpha value is -12.4. The Kier molecular flexibility index (Phi) is 39.7. The van der Waals surface area contributed by atoms with Crippen LogP contribution in [0.25, 0.3) is 21.8 Å². The number of fused-ring (bicyclic) bond motifs is 4. The van der Waals surface area contributed by atoms with Crippen molar-refractivity contribution in [2.24, 2.45) is 23.1 Å². The fraction of sp³-hybridized carbons (Fsp3) is 0.562. The van der Waals surface area contributed by atoms with Gasteiger partial charge in [-0.2, -0.15) is 0 Å². The molecule has 716 valence electrons. The minimum Gasteiger partial charge on any atom is -0.508 e. The zero-order valence-corrected chi connectivity index (χ0v) is 76.6. The van der Waals surface area contributed by atoms with Crippen molar-refractivity contribution < 1.29 is 92.0 Å². The monoisotopic (exact) mass is 1840 g/mol. The predicted molar refractivity (Wildman–Crippen MR) is 488 cm³/mol. The van der Waals surface area contributed by atoms with Crippen LogP contribution in [0.2, 0.25) is 0 Å². The fourth-order valence-electron chi connectivity index (χ4n) is 16.3. The summed E-state index contributed by atoms with van der Waals surface area (Å²) < 4.78 is 0. The number of aromatic hydroxyl groups is 1. The molecule has 3 aromatic carbocycles. The third kappa shape index (κ3) is 29.3. The Morgan fingerprint density at radius 1 is 0.550 bits per heavy atom. The number of guanidine groups is 1. The molecule has 5 heterocycles. The van der Waals surface area contributed by atoms with Crippen LogP contribution in [0.3, 0.4) is 0 Å². The SMILES string of the molecule is CCCC[C@H]1C(=O)N(C)[C@@H](CCCC)C(=O)N[C@@H](CCCNC(=N)N)C(=O)N[C@H](C(=O)NCC(N)=O)CSCC(=O)N[C@@H](Cc2ccc(O)cc2)C(=O)N(C)[C@@H](C)C(=O)N[C@@H](CCCN)C(=O)N2CCC[C@H]2C(=O)N[C@@H](C)C(=O)N[C@@H](CC(C)C)C(=O)N2C[C@@H](O)C[C@H]2C(=O)N[C@@H](Cc2c[nH]c3ccccc23)C(=O)N[C@@H](CO)C(=O)N[C@@H](Cc2c[nH]c3ccccc23)C(=O)N1C. The average molecular weight is 1840 g/mol. The number of aliphatic hydroxyl groups excluding tert-OH is 2. The summed E-state index contributed by atoms with van der Waals surface area (Å²) in [5.74, 6) is -15.7. The maximum absolute atomic E-state index is 15.7. The quantitative estimate of drug-likeness (QED) is 0.0170. The van der Waals surface area contributed by atoms with Gasteiger partial charge in [0.15, 0.2) is 5.96 Å². The molecule has 0 saturated carbocycles. The normalized spacial score (nSPS) is 25.2. The van der Waals surface area contributed by atoms with E-state index in [2.05, 4.69) is 68.5 Å². The van der Waals surface area contributed by atoms with Gasteiger partial charge in [0.05, 0.1) is 25.0 Å². The van der Waals surface area contributed by atoms with Gasteiger partial charge in [-0.1, -0.05) is 102 Å². The van der Waals surface area contributed by atoms with Crippen LogP contribution in [0.5, 0.6) is 5.75 Å². The second-order valence-corrected chi connectivity index (χ2v) is 35.2. The Labute approximate surface area is 764 Å². The number of hydrogen-bond acceptors (Lipinski definition) is 22. The van der Waals surface area contributed by atoms with Gasteiger partial charge in [0.1, 0.15) is 90.3 Å². The lowest BCUT2D eigenvalue weighted by molar-refractivity contribution is -0.149. The zero-order chi connectivity index (χ0) is 96.0. The molecular weight excluding hydrogens is 1710 g/mol. The van der Waals surface area contributed by atoms with E-state index in [0.717, 1.165) is 31.4 Å². The standard InChI is InChI=1S/C89H130N22O19S/c1-10-12-27-69-81(123)100-61(26-19-35-94-89(92)93)78(120)106-68(77(119)97-44-73(91)115)47-131-48-74(116)99-65(38-52-30-32-55(113)33-31-52)84(126)107(7)51(6)76(118)101-62(25-18-34-90)86(128)110-36-20-29-70(110)82(124)98-50(5)75(117)103-64(37-49(3)4)87(129)111-45-56(114)41-72(111)83(125)102-63(39-53-42-95-59-23-16-14-21-57(53)59)79(121)105-67(46-112)80(122)104-66(40-54-43-96-60-24-17-15-22-58(54)60)85(127)109(9)71(28-13-11-2)88(130)108(69)8/h14-17,21-24,30-33,42-43,49-51,56,61-72,95-96,112-114H,10-13,18-20,25-29,34-41,44-48,90H2,1-9H3,(H2,91,115)(H,97,119)(H,98,124)(H,99,116)(H,100,123)(H,101,118)(H,102,125)(H,103,117)(H,104,122)(H,105,121)(H,106,120)(H4,92,93,94)/t50-,51-,56-,61-,62-,63-,64-,65-,66-,67-,68-,69-,70-,71-,72-/m0/s1. The number of amides is 16. The molecule has 3 aliphatic rings. The van der Waals surface area contributed by atoms with Crippen LogP contribution in [-0.2, 0) is 96.0 Å². The number of carbonyl (C=O) groups excluding carboxylic acids is 16. The van der Waals surface area contributed by atoms with Crippen molar-refractivity contribution in [3.05, 3.63) is 102 Å². The molecule has 0 unspecified atom stereocenters.